The number of rotatable bonds is 7. The van der Waals surface area contributed by atoms with E-state index in [-0.39, 0.29) is 5.91 Å². The zero-order valence-electron chi connectivity index (χ0n) is 16.0. The summed E-state index contributed by atoms with van der Waals surface area (Å²) >= 11 is 6.02. The Kier molecular flexibility index (Phi) is 6.75. The molecule has 5 heteroatoms. The summed E-state index contributed by atoms with van der Waals surface area (Å²) in [5.74, 6) is 0.602. The summed E-state index contributed by atoms with van der Waals surface area (Å²) < 4.78 is 5.87. The molecule has 2 atom stereocenters. The monoisotopic (exact) mass is 386 g/mol. The molecule has 1 fully saturated rings. The van der Waals surface area contributed by atoms with Crippen LogP contribution in [0.4, 0.5) is 0 Å². The number of carbonyl (C=O) groups excluding carboxylic acids is 1. The Morgan fingerprint density at radius 3 is 2.81 bits per heavy atom. The number of carbonyl (C=O) groups is 1. The van der Waals surface area contributed by atoms with Crippen LogP contribution in [0.15, 0.2) is 48.5 Å². The van der Waals surface area contributed by atoms with E-state index in [1.165, 1.54) is 11.1 Å². The average Bonchev–Trinajstić information content (AvgIpc) is 3.15. The topological polar surface area (TPSA) is 41.6 Å². The average molecular weight is 387 g/mol. The molecule has 0 saturated carbocycles. The van der Waals surface area contributed by atoms with Gasteiger partial charge in [-0.05, 0) is 62.6 Å². The van der Waals surface area contributed by atoms with E-state index in [0.29, 0.717) is 29.9 Å². The summed E-state index contributed by atoms with van der Waals surface area (Å²) in [6, 6.07) is 15.7. The second kappa shape index (κ2) is 9.25. The predicted molar refractivity (Wildman–Crippen MR) is 109 cm³/mol. The van der Waals surface area contributed by atoms with Crippen LogP contribution in [0.5, 0.6) is 5.75 Å². The van der Waals surface area contributed by atoms with E-state index in [9.17, 15) is 4.79 Å². The highest BCUT2D eigenvalue weighted by Gasteiger charge is 2.26. The second-order valence-electron chi connectivity index (χ2n) is 7.16. The molecule has 0 radical (unpaired) electrons. The summed E-state index contributed by atoms with van der Waals surface area (Å²) in [4.78, 5) is 15.1. The number of ether oxygens (including phenoxy) is 1. The quantitative estimate of drug-likeness (QED) is 0.775. The van der Waals surface area contributed by atoms with E-state index in [1.807, 2.05) is 29.2 Å². The first kappa shape index (κ1) is 19.7. The minimum absolute atomic E-state index is 0.00747. The Hall–Kier alpha value is -2.04. The number of nitrogens with zero attached hydrogens (tertiary/aromatic N) is 1. The van der Waals surface area contributed by atoms with Crippen molar-refractivity contribution >= 4 is 17.5 Å². The lowest BCUT2D eigenvalue weighted by Crippen LogP contribution is -2.45. The lowest BCUT2D eigenvalue weighted by Gasteiger charge is -2.29. The molecule has 1 saturated heterocycles. The molecule has 3 rings (SSSR count). The van der Waals surface area contributed by atoms with Crippen molar-refractivity contribution in [3.05, 3.63) is 64.7 Å². The minimum atomic E-state index is -0.575. The van der Waals surface area contributed by atoms with E-state index in [1.54, 1.807) is 19.1 Å². The van der Waals surface area contributed by atoms with Crippen molar-refractivity contribution < 1.29 is 9.53 Å². The Bertz CT molecular complexity index is 774. The van der Waals surface area contributed by atoms with Crippen LogP contribution in [0.3, 0.4) is 0 Å². The van der Waals surface area contributed by atoms with E-state index in [0.717, 1.165) is 19.4 Å². The molecule has 4 nitrogen and oxygen atoms in total. The number of amides is 1. The first-order valence-electron chi connectivity index (χ1n) is 9.52. The fraction of sp³-hybridized carbons (Fsp3) is 0.409. The third-order valence-corrected chi connectivity index (χ3v) is 5.23. The molecular formula is C22H27ClN2O2. The van der Waals surface area contributed by atoms with Crippen LogP contribution < -0.4 is 10.1 Å². The standard InChI is InChI=1S/C22H27ClN2O2/c1-16-7-3-4-8-18(16)14-25(15-20-10-6-12-24-20)22(26)17(2)27-21-11-5-9-19(23)13-21/h3-5,7-9,11,13,17,20,24H,6,10,12,14-15H2,1-2H3. The third kappa shape index (κ3) is 5.47. The van der Waals surface area contributed by atoms with Gasteiger partial charge in [-0.15, -0.1) is 0 Å². The van der Waals surface area contributed by atoms with E-state index in [2.05, 4.69) is 24.4 Å². The van der Waals surface area contributed by atoms with Crippen molar-refractivity contribution in [1.82, 2.24) is 10.2 Å². The molecule has 1 aliphatic heterocycles. The van der Waals surface area contributed by atoms with Gasteiger partial charge < -0.3 is 15.0 Å². The molecule has 1 N–H and O–H groups in total. The number of nitrogens with one attached hydrogen (secondary N) is 1. The number of halogens is 1. The highest BCUT2D eigenvalue weighted by Crippen LogP contribution is 2.20. The maximum atomic E-state index is 13.2. The number of aryl methyl sites for hydroxylation is 1. The van der Waals surface area contributed by atoms with Crippen molar-refractivity contribution in [2.75, 3.05) is 13.1 Å². The zero-order chi connectivity index (χ0) is 19.2. The molecule has 1 amide bonds. The Morgan fingerprint density at radius 2 is 2.11 bits per heavy atom. The van der Waals surface area contributed by atoms with Gasteiger partial charge in [0.25, 0.3) is 5.91 Å². The van der Waals surface area contributed by atoms with E-state index < -0.39 is 6.10 Å². The van der Waals surface area contributed by atoms with Crippen molar-refractivity contribution in [3.8, 4) is 5.75 Å². The zero-order valence-corrected chi connectivity index (χ0v) is 16.7. The number of hydrogen-bond donors (Lipinski definition) is 1. The van der Waals surface area contributed by atoms with Crippen LogP contribution in [-0.2, 0) is 11.3 Å². The number of benzene rings is 2. The first-order chi connectivity index (χ1) is 13.0. The van der Waals surface area contributed by atoms with Crippen LogP contribution in [0, 0.1) is 6.92 Å². The van der Waals surface area contributed by atoms with Gasteiger partial charge in [0.15, 0.2) is 6.10 Å². The lowest BCUT2D eigenvalue weighted by atomic mass is 10.1. The van der Waals surface area contributed by atoms with Gasteiger partial charge >= 0.3 is 0 Å². The van der Waals surface area contributed by atoms with Crippen LogP contribution in [0.25, 0.3) is 0 Å². The first-order valence-corrected chi connectivity index (χ1v) is 9.89. The number of hydrogen-bond acceptors (Lipinski definition) is 3. The maximum Gasteiger partial charge on any atom is 0.263 e. The van der Waals surface area contributed by atoms with Crippen molar-refractivity contribution in [2.24, 2.45) is 0 Å². The largest absolute Gasteiger partial charge is 0.481 e. The molecule has 144 valence electrons. The molecular weight excluding hydrogens is 360 g/mol. The second-order valence-corrected chi connectivity index (χ2v) is 7.59. The molecule has 0 bridgehead atoms. The van der Waals surface area contributed by atoms with Crippen LogP contribution >= 0.6 is 11.6 Å². The van der Waals surface area contributed by atoms with Gasteiger partial charge in [0.2, 0.25) is 0 Å². The van der Waals surface area contributed by atoms with Gasteiger partial charge in [0.1, 0.15) is 5.75 Å². The predicted octanol–water partition coefficient (Wildman–Crippen LogP) is 4.20. The summed E-state index contributed by atoms with van der Waals surface area (Å²) in [7, 11) is 0. The fourth-order valence-corrected chi connectivity index (χ4v) is 3.64. The summed E-state index contributed by atoms with van der Waals surface area (Å²) in [6.45, 7) is 6.18. The van der Waals surface area contributed by atoms with E-state index >= 15 is 0 Å². The van der Waals surface area contributed by atoms with E-state index in [4.69, 9.17) is 16.3 Å². The fourth-order valence-electron chi connectivity index (χ4n) is 3.46. The Morgan fingerprint density at radius 1 is 1.30 bits per heavy atom. The molecule has 2 aromatic rings. The SMILES string of the molecule is Cc1ccccc1CN(CC1CCCN1)C(=O)C(C)Oc1cccc(Cl)c1. The van der Waals surface area contributed by atoms with Gasteiger partial charge in [-0.2, -0.15) is 0 Å². The molecule has 1 aliphatic rings. The molecule has 1 heterocycles. The highest BCUT2D eigenvalue weighted by molar-refractivity contribution is 6.30. The summed E-state index contributed by atoms with van der Waals surface area (Å²) in [6.07, 6.45) is 1.68. The normalized spacial score (nSPS) is 17.5. The van der Waals surface area contributed by atoms with Crippen molar-refractivity contribution in [3.63, 3.8) is 0 Å². The Balaban J connectivity index is 1.73. The molecule has 2 unspecified atom stereocenters. The highest BCUT2D eigenvalue weighted by atomic mass is 35.5. The van der Waals surface area contributed by atoms with Gasteiger partial charge in [-0.1, -0.05) is 41.9 Å². The van der Waals surface area contributed by atoms with Crippen LogP contribution in [-0.4, -0.2) is 36.0 Å². The van der Waals surface area contributed by atoms with Crippen LogP contribution in [0.1, 0.15) is 30.9 Å². The molecule has 2 aromatic carbocycles. The molecule has 0 aromatic heterocycles. The van der Waals surface area contributed by atoms with Crippen molar-refractivity contribution in [2.45, 2.75) is 45.4 Å². The third-order valence-electron chi connectivity index (χ3n) is 4.99. The molecule has 0 spiro atoms. The maximum absolute atomic E-state index is 13.2. The Labute approximate surface area is 166 Å². The van der Waals surface area contributed by atoms with Crippen molar-refractivity contribution in [1.29, 1.82) is 0 Å². The minimum Gasteiger partial charge on any atom is -0.481 e. The van der Waals surface area contributed by atoms with Gasteiger partial charge in [-0.25, -0.2) is 0 Å². The summed E-state index contributed by atoms with van der Waals surface area (Å²) in [5, 5.41) is 4.08. The molecule has 0 aliphatic carbocycles. The lowest BCUT2D eigenvalue weighted by molar-refractivity contribution is -0.139. The summed E-state index contributed by atoms with van der Waals surface area (Å²) in [5.41, 5.74) is 2.36. The molecule has 27 heavy (non-hydrogen) atoms. The van der Waals surface area contributed by atoms with Crippen LogP contribution in [0.2, 0.25) is 5.02 Å². The smallest absolute Gasteiger partial charge is 0.263 e. The van der Waals surface area contributed by atoms with Gasteiger partial charge in [0, 0.05) is 24.2 Å². The van der Waals surface area contributed by atoms with Gasteiger partial charge in [0.05, 0.1) is 0 Å². The van der Waals surface area contributed by atoms with Gasteiger partial charge in [-0.3, -0.25) is 4.79 Å².